The van der Waals surface area contributed by atoms with Crippen LogP contribution in [0.5, 0.6) is 0 Å². The molecule has 0 saturated heterocycles. The Balaban J connectivity index is -0.0000000277. The zero-order valence-corrected chi connectivity index (χ0v) is 16.8. The van der Waals surface area contributed by atoms with Crippen molar-refractivity contribution in [3.8, 4) is 0 Å². The molecule has 0 N–H and O–H groups in total. The van der Waals surface area contributed by atoms with Crippen LogP contribution >= 0.6 is 23.5 Å². The van der Waals surface area contributed by atoms with Crippen LogP contribution in [-0.4, -0.2) is 0 Å². The smallest absolute Gasteiger partial charge is 0.822 e. The van der Waals surface area contributed by atoms with E-state index in [1.54, 1.807) is 0 Å². The molecule has 0 aromatic carbocycles. The van der Waals surface area contributed by atoms with E-state index in [2.05, 4.69) is 0 Å². The van der Waals surface area contributed by atoms with Gasteiger partial charge in [0.25, 0.3) is 0 Å². The zero-order chi connectivity index (χ0) is 13.5. The van der Waals surface area contributed by atoms with Crippen molar-refractivity contribution in [3.05, 3.63) is 0 Å². The van der Waals surface area contributed by atoms with Crippen LogP contribution in [0.15, 0.2) is 0 Å². The normalized spacial score (nSPS) is 9.83. The number of hydrogen-bond acceptors (Lipinski definition) is 12. The van der Waals surface area contributed by atoms with E-state index in [9.17, 15) is 0 Å². The molecule has 0 aliphatic rings. The maximum Gasteiger partial charge on any atom is 4.00 e. The molecule has 0 atom stereocenters. The summed E-state index contributed by atoms with van der Waals surface area (Å²) in [5.74, 6) is 0. The molecule has 0 heterocycles. The molecule has 12 nitrogen and oxygen atoms in total. The summed E-state index contributed by atoms with van der Waals surface area (Å²) in [5, 5.41) is 0. The molecular formula is CeNiO12P3Zr. The second-order valence-electron chi connectivity index (χ2n) is 1.34. The van der Waals surface area contributed by atoms with Gasteiger partial charge in [0, 0.05) is 0 Å². The Kier molecular flexibility index (Phi) is 34.2. The van der Waals surface area contributed by atoms with Gasteiger partial charge in [-0.05, 0) is 0 Å². The minimum absolute atomic E-state index is 0. The van der Waals surface area contributed by atoms with Crippen LogP contribution in [-0.2, 0) is 56.4 Å². The fourth-order valence-electron chi connectivity index (χ4n) is 0. The van der Waals surface area contributed by atoms with E-state index in [1.807, 2.05) is 0 Å². The molecule has 0 aromatic rings. The molecule has 0 rings (SSSR count). The summed E-state index contributed by atoms with van der Waals surface area (Å²) in [6, 6.07) is 0. The van der Waals surface area contributed by atoms with Gasteiger partial charge in [-0.15, -0.1) is 0 Å². The van der Waals surface area contributed by atoms with Gasteiger partial charge in [-0.2, -0.15) is 23.5 Å². The fraction of sp³-hybridized carbons (Fsp3) is 0. The van der Waals surface area contributed by atoms with Crippen molar-refractivity contribution in [2.75, 3.05) is 0 Å². The Labute approximate surface area is 163 Å². The fourth-order valence-corrected chi connectivity index (χ4v) is 0. The molecular weight excluding hydrogens is 575 g/mol. The third kappa shape index (κ3) is 656. The molecule has 105 valence electrons. The summed E-state index contributed by atoms with van der Waals surface area (Å²) in [6.45, 7) is 0. The maximum atomic E-state index is 8.55. The molecule has 0 fully saturated rings. The van der Waals surface area contributed by atoms with Gasteiger partial charge in [-0.3, -0.25) is 0 Å². The molecule has 0 bridgehead atoms. The standard InChI is InChI=1S/Ce.Ni.3H3O4P.Zr/c;;3*1-5(2,3)4;/h;;3*(H3,1,2,3,4);/q+3;+2;;;;+4/p-9. The van der Waals surface area contributed by atoms with Crippen LogP contribution in [0, 0.1) is 41.7 Å². The van der Waals surface area contributed by atoms with E-state index in [0.717, 1.165) is 0 Å². The van der Waals surface area contributed by atoms with Crippen molar-refractivity contribution >= 4 is 23.5 Å². The van der Waals surface area contributed by atoms with E-state index in [1.165, 1.54) is 0 Å². The Morgan fingerprint density at radius 2 is 0.500 bits per heavy atom. The largest absolute Gasteiger partial charge is 4.00 e. The van der Waals surface area contributed by atoms with Gasteiger partial charge in [0.2, 0.25) is 0 Å². The predicted octanol–water partition coefficient (Wildman–Crippen LogP) is -8.48. The Morgan fingerprint density at radius 1 is 0.500 bits per heavy atom. The molecule has 18 heavy (non-hydrogen) atoms. The quantitative estimate of drug-likeness (QED) is 0.193. The van der Waals surface area contributed by atoms with Crippen LogP contribution in [0.1, 0.15) is 0 Å². The second-order valence-corrected chi connectivity index (χ2v) is 4.02. The maximum absolute atomic E-state index is 8.55. The first-order chi connectivity index (χ1) is 6.00. The summed E-state index contributed by atoms with van der Waals surface area (Å²) in [7, 11) is -16.2. The third-order valence-corrected chi connectivity index (χ3v) is 0. The van der Waals surface area contributed by atoms with Crippen LogP contribution in [0.25, 0.3) is 0 Å². The molecule has 0 amide bonds. The molecule has 1 radical (unpaired) electrons. The van der Waals surface area contributed by atoms with Gasteiger partial charge in [0.15, 0.2) is 0 Å². The monoisotopic (exact) mass is 573 g/mol. The van der Waals surface area contributed by atoms with E-state index >= 15 is 0 Å². The average molecular weight is 575 g/mol. The van der Waals surface area contributed by atoms with E-state index in [0.29, 0.717) is 0 Å². The van der Waals surface area contributed by atoms with Crippen LogP contribution in [0.4, 0.5) is 0 Å². The number of phosphoric acid groups is 3. The van der Waals surface area contributed by atoms with Crippen LogP contribution in [0.2, 0.25) is 0 Å². The summed E-state index contributed by atoms with van der Waals surface area (Å²) < 4.78 is 25.6. The second kappa shape index (κ2) is 16.5. The van der Waals surface area contributed by atoms with Crippen molar-refractivity contribution in [3.63, 3.8) is 0 Å². The van der Waals surface area contributed by atoms with Crippen molar-refractivity contribution < 1.29 is 142 Å². The van der Waals surface area contributed by atoms with Crippen molar-refractivity contribution in [2.45, 2.75) is 0 Å². The van der Waals surface area contributed by atoms with E-state index < -0.39 is 23.5 Å². The molecule has 0 aliphatic carbocycles. The molecule has 0 spiro atoms. The van der Waals surface area contributed by atoms with Gasteiger partial charge >= 0.3 is 84.4 Å². The first-order valence-corrected chi connectivity index (χ1v) is 6.57. The van der Waals surface area contributed by atoms with E-state index in [-0.39, 0.29) is 84.4 Å². The first kappa shape index (κ1) is 37.4. The third-order valence-electron chi connectivity index (χ3n) is 0. The minimum Gasteiger partial charge on any atom is -0.822 e. The van der Waals surface area contributed by atoms with Gasteiger partial charge < -0.3 is 57.7 Å². The number of rotatable bonds is 0. The Hall–Kier alpha value is 3.08. The van der Waals surface area contributed by atoms with Crippen molar-refractivity contribution in [2.24, 2.45) is 0 Å². The topological polar surface area (TPSA) is 259 Å². The summed E-state index contributed by atoms with van der Waals surface area (Å²) in [4.78, 5) is 76.9. The average Bonchev–Trinajstić information content (AvgIpc) is 1.41. The van der Waals surface area contributed by atoms with Crippen LogP contribution in [0.3, 0.4) is 0 Å². The molecule has 0 saturated carbocycles. The first-order valence-electron chi connectivity index (χ1n) is 2.19. The predicted molar refractivity (Wildman–Crippen MR) is 22.8 cm³/mol. The van der Waals surface area contributed by atoms with Gasteiger partial charge in [0.05, 0.1) is 0 Å². The molecule has 18 heteroatoms. The van der Waals surface area contributed by atoms with E-state index in [4.69, 9.17) is 57.7 Å². The molecule has 0 unspecified atom stereocenters. The summed E-state index contributed by atoms with van der Waals surface area (Å²) in [6.07, 6.45) is 0. The minimum atomic E-state index is -5.39. The number of hydrogen-bond donors (Lipinski definition) is 0. The molecule has 0 aromatic heterocycles. The zero-order valence-electron chi connectivity index (χ0n) is 7.56. The summed E-state index contributed by atoms with van der Waals surface area (Å²) in [5.41, 5.74) is 0. The van der Waals surface area contributed by atoms with Gasteiger partial charge in [-0.1, -0.05) is 0 Å². The van der Waals surface area contributed by atoms with Gasteiger partial charge in [0.1, 0.15) is 0 Å². The van der Waals surface area contributed by atoms with Gasteiger partial charge in [-0.25, -0.2) is 0 Å². The SMILES string of the molecule is O=P([O-])([O-])[O-].O=P([O-])([O-])[O-].O=P([O-])([O-])[O-].[Ce+3].[Ni+2].[Zr+4]. The Bertz CT molecular complexity index is 213. The molecule has 0 aliphatic heterocycles. The van der Waals surface area contributed by atoms with Crippen molar-refractivity contribution in [1.82, 2.24) is 0 Å². The van der Waals surface area contributed by atoms with Crippen molar-refractivity contribution in [1.29, 1.82) is 0 Å². The van der Waals surface area contributed by atoms with Crippen LogP contribution < -0.4 is 44.0 Å². The summed E-state index contributed by atoms with van der Waals surface area (Å²) >= 11 is 0. The Morgan fingerprint density at radius 3 is 0.500 bits per heavy atom.